The van der Waals surface area contributed by atoms with Gasteiger partial charge in [0.25, 0.3) is 0 Å². The summed E-state index contributed by atoms with van der Waals surface area (Å²) in [7, 11) is 1.82. The summed E-state index contributed by atoms with van der Waals surface area (Å²) in [5.41, 5.74) is 2.66. The first kappa shape index (κ1) is 11.1. The van der Waals surface area contributed by atoms with Crippen molar-refractivity contribution in [3.8, 4) is 0 Å². The van der Waals surface area contributed by atoms with Gasteiger partial charge in [-0.2, -0.15) is 0 Å². The summed E-state index contributed by atoms with van der Waals surface area (Å²) in [5.74, 6) is 0. The molecule has 0 bridgehead atoms. The number of hydrogen-bond acceptors (Lipinski definition) is 3. The Balaban J connectivity index is 2.26. The molecular formula is C11H12ClN3O. The van der Waals surface area contributed by atoms with E-state index < -0.39 is 0 Å². The van der Waals surface area contributed by atoms with Gasteiger partial charge in [-0.15, -0.1) is 5.10 Å². The molecule has 1 aromatic heterocycles. The second-order valence-electron chi connectivity index (χ2n) is 3.57. The minimum absolute atomic E-state index is 0.0865. The predicted octanol–water partition coefficient (Wildman–Crippen LogP) is 1.55. The fraction of sp³-hybridized carbons (Fsp3) is 0.273. The second kappa shape index (κ2) is 4.63. The smallest absolute Gasteiger partial charge is 0.112 e. The maximum absolute atomic E-state index is 9.12. The lowest BCUT2D eigenvalue weighted by atomic mass is 10.1. The molecule has 2 aromatic rings. The standard InChI is InChI=1S/C11H12ClN3O/c1-15-11(10(7-16)13-14-15)6-8-2-4-9(12)5-3-8/h2-5,16H,6-7H2,1H3. The van der Waals surface area contributed by atoms with Crippen LogP contribution in [0.2, 0.25) is 5.02 Å². The third kappa shape index (κ3) is 2.23. The van der Waals surface area contributed by atoms with Gasteiger partial charge in [0.2, 0.25) is 0 Å². The van der Waals surface area contributed by atoms with Crippen LogP contribution in [0.1, 0.15) is 17.0 Å². The van der Waals surface area contributed by atoms with Gasteiger partial charge in [-0.25, -0.2) is 0 Å². The van der Waals surface area contributed by atoms with Crippen LogP contribution in [0.4, 0.5) is 0 Å². The molecule has 0 aliphatic rings. The normalized spacial score (nSPS) is 10.7. The molecule has 0 radical (unpaired) electrons. The Kier molecular flexibility index (Phi) is 3.22. The molecule has 1 heterocycles. The van der Waals surface area contributed by atoms with Crippen molar-refractivity contribution in [1.82, 2.24) is 15.0 Å². The summed E-state index contributed by atoms with van der Waals surface area (Å²) < 4.78 is 1.68. The summed E-state index contributed by atoms with van der Waals surface area (Å²) in [6.07, 6.45) is 0.691. The number of nitrogens with zero attached hydrogens (tertiary/aromatic N) is 3. The van der Waals surface area contributed by atoms with Crippen LogP contribution in [0.15, 0.2) is 24.3 Å². The zero-order valence-electron chi connectivity index (χ0n) is 8.89. The minimum Gasteiger partial charge on any atom is -0.390 e. The Morgan fingerprint density at radius 1 is 1.31 bits per heavy atom. The number of hydrogen-bond donors (Lipinski definition) is 1. The van der Waals surface area contributed by atoms with E-state index in [0.717, 1.165) is 11.3 Å². The number of rotatable bonds is 3. The van der Waals surface area contributed by atoms with Crippen molar-refractivity contribution in [2.45, 2.75) is 13.0 Å². The largest absolute Gasteiger partial charge is 0.390 e. The lowest BCUT2D eigenvalue weighted by Crippen LogP contribution is -2.01. The first-order valence-electron chi connectivity index (χ1n) is 4.93. The molecule has 0 amide bonds. The SMILES string of the molecule is Cn1nnc(CO)c1Cc1ccc(Cl)cc1. The summed E-state index contributed by atoms with van der Waals surface area (Å²) in [5, 5.41) is 17.6. The topological polar surface area (TPSA) is 50.9 Å². The van der Waals surface area contributed by atoms with Gasteiger partial charge in [0.05, 0.1) is 12.3 Å². The van der Waals surface area contributed by atoms with Gasteiger partial charge in [-0.3, -0.25) is 4.68 Å². The number of aromatic nitrogens is 3. The van der Waals surface area contributed by atoms with E-state index in [0.29, 0.717) is 17.1 Å². The van der Waals surface area contributed by atoms with Crippen molar-refractivity contribution < 1.29 is 5.11 Å². The van der Waals surface area contributed by atoms with Crippen LogP contribution in [0, 0.1) is 0 Å². The highest BCUT2D eigenvalue weighted by Crippen LogP contribution is 2.14. The average Bonchev–Trinajstić information content (AvgIpc) is 2.63. The monoisotopic (exact) mass is 237 g/mol. The molecule has 0 saturated carbocycles. The molecule has 5 heteroatoms. The predicted molar refractivity (Wildman–Crippen MR) is 61.2 cm³/mol. The number of aryl methyl sites for hydroxylation is 1. The van der Waals surface area contributed by atoms with Crippen molar-refractivity contribution >= 4 is 11.6 Å². The third-order valence-corrected chi connectivity index (χ3v) is 2.71. The molecule has 0 unspecified atom stereocenters. The lowest BCUT2D eigenvalue weighted by molar-refractivity contribution is 0.275. The Labute approximate surface area is 98.5 Å². The summed E-state index contributed by atoms with van der Waals surface area (Å²) in [4.78, 5) is 0. The van der Waals surface area contributed by atoms with Crippen molar-refractivity contribution in [2.24, 2.45) is 7.05 Å². The van der Waals surface area contributed by atoms with Crippen LogP contribution in [-0.2, 0) is 20.1 Å². The molecule has 2 rings (SSSR count). The zero-order chi connectivity index (χ0) is 11.5. The van der Waals surface area contributed by atoms with Crippen LogP contribution in [0.5, 0.6) is 0 Å². The van der Waals surface area contributed by atoms with E-state index in [2.05, 4.69) is 10.3 Å². The molecule has 0 atom stereocenters. The highest BCUT2D eigenvalue weighted by Gasteiger charge is 2.09. The van der Waals surface area contributed by atoms with Crippen LogP contribution >= 0.6 is 11.6 Å². The Bertz CT molecular complexity index is 478. The number of aliphatic hydroxyl groups is 1. The minimum atomic E-state index is -0.0865. The second-order valence-corrected chi connectivity index (χ2v) is 4.00. The Morgan fingerprint density at radius 2 is 2.00 bits per heavy atom. The zero-order valence-corrected chi connectivity index (χ0v) is 9.65. The molecule has 0 saturated heterocycles. The molecular weight excluding hydrogens is 226 g/mol. The van der Waals surface area contributed by atoms with E-state index in [4.69, 9.17) is 16.7 Å². The van der Waals surface area contributed by atoms with E-state index in [9.17, 15) is 0 Å². The maximum atomic E-state index is 9.12. The maximum Gasteiger partial charge on any atom is 0.112 e. The fourth-order valence-electron chi connectivity index (χ4n) is 1.55. The fourth-order valence-corrected chi connectivity index (χ4v) is 1.68. The van der Waals surface area contributed by atoms with E-state index in [1.54, 1.807) is 4.68 Å². The van der Waals surface area contributed by atoms with Crippen LogP contribution in [-0.4, -0.2) is 20.1 Å². The van der Waals surface area contributed by atoms with Gasteiger partial charge >= 0.3 is 0 Å². The highest BCUT2D eigenvalue weighted by atomic mass is 35.5. The van der Waals surface area contributed by atoms with Crippen molar-refractivity contribution in [3.05, 3.63) is 46.2 Å². The van der Waals surface area contributed by atoms with E-state index in [-0.39, 0.29) is 6.61 Å². The van der Waals surface area contributed by atoms with Crippen LogP contribution < -0.4 is 0 Å². The van der Waals surface area contributed by atoms with Gasteiger partial charge in [0.1, 0.15) is 5.69 Å². The first-order valence-corrected chi connectivity index (χ1v) is 5.31. The summed E-state index contributed by atoms with van der Waals surface area (Å²) in [6, 6.07) is 7.60. The van der Waals surface area contributed by atoms with Crippen molar-refractivity contribution in [2.75, 3.05) is 0 Å². The molecule has 1 aromatic carbocycles. The molecule has 0 aliphatic carbocycles. The number of aliphatic hydroxyl groups excluding tert-OH is 1. The molecule has 0 spiro atoms. The summed E-state index contributed by atoms with van der Waals surface area (Å²) >= 11 is 5.81. The van der Waals surface area contributed by atoms with Crippen LogP contribution in [0.3, 0.4) is 0 Å². The van der Waals surface area contributed by atoms with Gasteiger partial charge in [-0.05, 0) is 17.7 Å². The van der Waals surface area contributed by atoms with Crippen molar-refractivity contribution in [1.29, 1.82) is 0 Å². The number of benzene rings is 1. The highest BCUT2D eigenvalue weighted by molar-refractivity contribution is 6.30. The third-order valence-electron chi connectivity index (χ3n) is 2.46. The van der Waals surface area contributed by atoms with E-state index >= 15 is 0 Å². The molecule has 0 aliphatic heterocycles. The molecule has 84 valence electrons. The lowest BCUT2D eigenvalue weighted by Gasteiger charge is -2.03. The Morgan fingerprint density at radius 3 is 2.62 bits per heavy atom. The van der Waals surface area contributed by atoms with Crippen LogP contribution in [0.25, 0.3) is 0 Å². The first-order chi connectivity index (χ1) is 7.70. The Hall–Kier alpha value is -1.39. The summed E-state index contributed by atoms with van der Waals surface area (Å²) in [6.45, 7) is -0.0865. The number of halogens is 1. The molecule has 4 nitrogen and oxygen atoms in total. The van der Waals surface area contributed by atoms with E-state index in [1.807, 2.05) is 31.3 Å². The van der Waals surface area contributed by atoms with Gasteiger partial charge < -0.3 is 5.11 Å². The van der Waals surface area contributed by atoms with Crippen molar-refractivity contribution in [3.63, 3.8) is 0 Å². The molecule has 0 fully saturated rings. The van der Waals surface area contributed by atoms with Gasteiger partial charge in [0, 0.05) is 18.5 Å². The molecule has 1 N–H and O–H groups in total. The quantitative estimate of drug-likeness (QED) is 0.881. The van der Waals surface area contributed by atoms with Gasteiger partial charge in [-0.1, -0.05) is 28.9 Å². The average molecular weight is 238 g/mol. The van der Waals surface area contributed by atoms with Gasteiger partial charge in [0.15, 0.2) is 0 Å². The molecule has 16 heavy (non-hydrogen) atoms. The van der Waals surface area contributed by atoms with E-state index in [1.165, 1.54) is 0 Å².